The van der Waals surface area contributed by atoms with Crippen LogP contribution >= 0.6 is 0 Å². The monoisotopic (exact) mass is 580 g/mol. The van der Waals surface area contributed by atoms with Gasteiger partial charge >= 0.3 is 0 Å². The van der Waals surface area contributed by atoms with Crippen molar-refractivity contribution in [1.29, 1.82) is 0 Å². The minimum absolute atomic E-state index is 0.0104. The van der Waals surface area contributed by atoms with E-state index in [0.29, 0.717) is 0 Å². The molecule has 222 valence electrons. The van der Waals surface area contributed by atoms with E-state index in [2.05, 4.69) is 0 Å². The number of aliphatic hydroxyl groups is 6. The van der Waals surface area contributed by atoms with E-state index in [-0.39, 0.29) is 40.4 Å². The van der Waals surface area contributed by atoms with E-state index in [0.717, 1.165) is 12.1 Å². The summed E-state index contributed by atoms with van der Waals surface area (Å²) < 4.78 is 27.6. The van der Waals surface area contributed by atoms with E-state index in [1.165, 1.54) is 24.3 Å². The molecule has 0 spiro atoms. The number of aliphatic hydroxyl groups excluding tert-OH is 6. The molecule has 15 nitrogen and oxygen atoms in total. The van der Waals surface area contributed by atoms with Crippen molar-refractivity contribution in [2.24, 2.45) is 0 Å². The van der Waals surface area contributed by atoms with Crippen molar-refractivity contribution in [2.45, 2.75) is 55.3 Å². The van der Waals surface area contributed by atoms with E-state index in [4.69, 9.17) is 23.4 Å². The molecule has 15 heteroatoms. The van der Waals surface area contributed by atoms with Gasteiger partial charge in [0.15, 0.2) is 23.2 Å². The van der Waals surface area contributed by atoms with Crippen LogP contribution in [0, 0.1) is 0 Å². The van der Waals surface area contributed by atoms with Gasteiger partial charge in [0.05, 0.1) is 13.2 Å². The topological polar surface area (TPSA) is 249 Å². The maximum absolute atomic E-state index is 12.7. The van der Waals surface area contributed by atoms with Gasteiger partial charge in [0.1, 0.15) is 71.0 Å². The van der Waals surface area contributed by atoms with Crippen molar-refractivity contribution in [3.8, 4) is 34.3 Å². The Labute approximate surface area is 230 Å². The molecule has 5 rings (SSSR count). The first-order valence-corrected chi connectivity index (χ1v) is 12.4. The number of rotatable bonds is 6. The van der Waals surface area contributed by atoms with Gasteiger partial charge in [-0.2, -0.15) is 0 Å². The lowest BCUT2D eigenvalue weighted by molar-refractivity contribution is -0.339. The number of phenolic OH excluding ortho intramolecular Hbond substituents is 3. The Morgan fingerprint density at radius 2 is 1.56 bits per heavy atom. The Balaban J connectivity index is 1.38. The average Bonchev–Trinajstić information content (AvgIpc) is 2.93. The van der Waals surface area contributed by atoms with Gasteiger partial charge in [0, 0.05) is 23.8 Å². The van der Waals surface area contributed by atoms with E-state index >= 15 is 0 Å². The van der Waals surface area contributed by atoms with Crippen molar-refractivity contribution in [1.82, 2.24) is 0 Å². The van der Waals surface area contributed by atoms with Crippen molar-refractivity contribution in [3.05, 3.63) is 46.6 Å². The standard InChI is InChI=1S/C26H28O15/c27-7-18-24(41-25-22(35)20(33)15(32)8-37-25)21(34)23(36)26(40-18)38-10-4-13(30)19-14(31)6-16(39-17(19)5-10)9-1-2-11(28)12(29)3-9/h1-6,15,18,20-30,32-36H,7-8H2/t15-,18-,20-,21-,22-,23-,24+,25+,26-/m0/s1. The summed E-state index contributed by atoms with van der Waals surface area (Å²) in [4.78, 5) is 12.7. The fraction of sp³-hybridized carbons (Fsp3) is 0.423. The van der Waals surface area contributed by atoms with Crippen LogP contribution in [0.4, 0.5) is 0 Å². The Hall–Kier alpha value is -3.51. The predicted octanol–water partition coefficient (Wildman–Crippen LogP) is -1.78. The van der Waals surface area contributed by atoms with Gasteiger partial charge in [-0.05, 0) is 18.2 Å². The van der Waals surface area contributed by atoms with Gasteiger partial charge in [-0.15, -0.1) is 0 Å². The highest BCUT2D eigenvalue weighted by atomic mass is 16.7. The molecule has 41 heavy (non-hydrogen) atoms. The first-order chi connectivity index (χ1) is 19.5. The molecule has 2 fully saturated rings. The molecule has 9 N–H and O–H groups in total. The summed E-state index contributed by atoms with van der Waals surface area (Å²) in [6.07, 6.45) is -14.2. The molecule has 9 atom stereocenters. The molecule has 0 amide bonds. The van der Waals surface area contributed by atoms with Crippen LogP contribution in [0.1, 0.15) is 0 Å². The SMILES string of the molecule is O=c1cc(-c2ccc(O)c(O)c2)oc2cc(O[C@H]3O[C@@H](CO)[C@@H](O[C@H]4OC[C@H](O)[C@H](O)[C@@H]4O)[C@@H](O)[C@@H]3O)cc(O)c12. The third-order valence-electron chi connectivity index (χ3n) is 6.86. The molecular weight excluding hydrogens is 552 g/mol. The zero-order valence-corrected chi connectivity index (χ0v) is 21.0. The highest BCUT2D eigenvalue weighted by Gasteiger charge is 2.49. The molecule has 0 bridgehead atoms. The third-order valence-corrected chi connectivity index (χ3v) is 6.86. The summed E-state index contributed by atoms with van der Waals surface area (Å²) in [7, 11) is 0. The second-order valence-electron chi connectivity index (χ2n) is 9.67. The van der Waals surface area contributed by atoms with Crippen LogP contribution in [0.25, 0.3) is 22.3 Å². The second-order valence-corrected chi connectivity index (χ2v) is 9.67. The third kappa shape index (κ3) is 5.54. The van der Waals surface area contributed by atoms with Crippen LogP contribution in [0.2, 0.25) is 0 Å². The number of fused-ring (bicyclic) bond motifs is 1. The normalized spacial score (nSPS) is 32.2. The first kappa shape index (κ1) is 29.0. The summed E-state index contributed by atoms with van der Waals surface area (Å²) in [6.45, 7) is -1.13. The van der Waals surface area contributed by atoms with Crippen molar-refractivity contribution < 1.29 is 69.3 Å². The summed E-state index contributed by atoms with van der Waals surface area (Å²) in [6, 6.07) is 7.08. The molecule has 2 aromatic carbocycles. The van der Waals surface area contributed by atoms with Gasteiger partial charge in [-0.3, -0.25) is 4.79 Å². The number of hydrogen-bond donors (Lipinski definition) is 9. The number of aromatic hydroxyl groups is 3. The van der Waals surface area contributed by atoms with Gasteiger partial charge in [-0.25, -0.2) is 0 Å². The van der Waals surface area contributed by atoms with Crippen LogP contribution in [0.3, 0.4) is 0 Å². The smallest absolute Gasteiger partial charge is 0.229 e. The van der Waals surface area contributed by atoms with Crippen molar-refractivity contribution in [2.75, 3.05) is 13.2 Å². The summed E-state index contributed by atoms with van der Waals surface area (Å²) in [5, 5.41) is 90.6. The lowest BCUT2D eigenvalue weighted by Crippen LogP contribution is -2.63. The number of hydrogen-bond acceptors (Lipinski definition) is 15. The molecule has 3 aromatic rings. The predicted molar refractivity (Wildman–Crippen MR) is 134 cm³/mol. The Bertz CT molecular complexity index is 1450. The molecule has 1 aromatic heterocycles. The highest BCUT2D eigenvalue weighted by Crippen LogP contribution is 2.35. The number of phenols is 3. The Morgan fingerprint density at radius 3 is 2.27 bits per heavy atom. The van der Waals surface area contributed by atoms with Crippen LogP contribution in [0.5, 0.6) is 23.0 Å². The van der Waals surface area contributed by atoms with Crippen LogP contribution in [-0.2, 0) is 14.2 Å². The molecule has 0 saturated carbocycles. The van der Waals surface area contributed by atoms with Gasteiger partial charge in [0.2, 0.25) is 6.29 Å². The lowest BCUT2D eigenvalue weighted by Gasteiger charge is -2.44. The zero-order valence-electron chi connectivity index (χ0n) is 21.0. The molecule has 0 aliphatic carbocycles. The lowest BCUT2D eigenvalue weighted by atomic mass is 9.98. The van der Waals surface area contributed by atoms with Crippen LogP contribution in [0.15, 0.2) is 45.6 Å². The zero-order chi connectivity index (χ0) is 29.6. The Morgan fingerprint density at radius 1 is 0.829 bits per heavy atom. The minimum atomic E-state index is -1.81. The summed E-state index contributed by atoms with van der Waals surface area (Å²) in [5.41, 5.74) is -0.539. The van der Waals surface area contributed by atoms with E-state index in [1.54, 1.807) is 0 Å². The van der Waals surface area contributed by atoms with E-state index in [9.17, 15) is 50.8 Å². The van der Waals surface area contributed by atoms with Crippen LogP contribution < -0.4 is 10.2 Å². The molecule has 0 radical (unpaired) electrons. The maximum atomic E-state index is 12.7. The maximum Gasteiger partial charge on any atom is 0.229 e. The Kier molecular flexibility index (Phi) is 8.06. The van der Waals surface area contributed by atoms with E-state index < -0.39 is 78.8 Å². The number of benzene rings is 2. The van der Waals surface area contributed by atoms with Crippen molar-refractivity contribution in [3.63, 3.8) is 0 Å². The molecule has 2 aliphatic rings. The van der Waals surface area contributed by atoms with E-state index in [1.807, 2.05) is 0 Å². The summed E-state index contributed by atoms with van der Waals surface area (Å²) in [5.74, 6) is -1.55. The summed E-state index contributed by atoms with van der Waals surface area (Å²) >= 11 is 0. The van der Waals surface area contributed by atoms with Gasteiger partial charge < -0.3 is 69.3 Å². The van der Waals surface area contributed by atoms with Crippen molar-refractivity contribution >= 4 is 11.0 Å². The molecule has 0 unspecified atom stereocenters. The number of ether oxygens (including phenoxy) is 4. The largest absolute Gasteiger partial charge is 0.507 e. The second kappa shape index (κ2) is 11.4. The quantitative estimate of drug-likeness (QED) is 0.146. The fourth-order valence-corrected chi connectivity index (χ4v) is 4.64. The molecular formula is C26H28O15. The van der Waals surface area contributed by atoms with Crippen LogP contribution in [-0.4, -0.2) is 114 Å². The fourth-order valence-electron chi connectivity index (χ4n) is 4.64. The molecule has 3 heterocycles. The average molecular weight is 580 g/mol. The molecule has 2 saturated heterocycles. The minimum Gasteiger partial charge on any atom is -0.507 e. The van der Waals surface area contributed by atoms with Gasteiger partial charge in [0.25, 0.3) is 0 Å². The molecule has 2 aliphatic heterocycles. The first-order valence-electron chi connectivity index (χ1n) is 12.4. The highest BCUT2D eigenvalue weighted by molar-refractivity contribution is 5.86. The van der Waals surface area contributed by atoms with Gasteiger partial charge in [-0.1, -0.05) is 0 Å².